The van der Waals surface area contributed by atoms with Crippen LogP contribution in [0.1, 0.15) is 65.6 Å². The van der Waals surface area contributed by atoms with E-state index < -0.39 is 0 Å². The van der Waals surface area contributed by atoms with E-state index in [0.717, 1.165) is 18.1 Å². The Morgan fingerprint density at radius 3 is 2.45 bits per heavy atom. The first-order valence-corrected chi connectivity index (χ1v) is 8.80. The minimum Gasteiger partial charge on any atom is -0.477 e. The second kappa shape index (κ2) is 8.35. The van der Waals surface area contributed by atoms with E-state index in [9.17, 15) is 0 Å². The Hall–Kier alpha value is -1.32. The van der Waals surface area contributed by atoms with Crippen LogP contribution in [0.5, 0.6) is 5.88 Å². The van der Waals surface area contributed by atoms with Crippen molar-refractivity contribution in [3.8, 4) is 5.88 Å². The lowest BCUT2D eigenvalue weighted by atomic mass is 9.95. The standard InChI is InChI=1S/C18H31N3O/c1-13(2)10-16-20-17(19-15-8-6-5-7-9-15)11-18(21-16)22-12-14(3)4/h11,13-15H,5-10,12H2,1-4H3,(H,19,20,21). The van der Waals surface area contributed by atoms with E-state index in [-0.39, 0.29) is 0 Å². The van der Waals surface area contributed by atoms with Crippen LogP contribution in [0, 0.1) is 11.8 Å². The number of ether oxygens (including phenoxy) is 1. The smallest absolute Gasteiger partial charge is 0.218 e. The molecule has 0 unspecified atom stereocenters. The molecule has 1 heterocycles. The van der Waals surface area contributed by atoms with Gasteiger partial charge in [0.25, 0.3) is 0 Å². The maximum Gasteiger partial charge on any atom is 0.218 e. The number of anilines is 1. The number of nitrogens with zero attached hydrogens (tertiary/aromatic N) is 2. The molecular weight excluding hydrogens is 274 g/mol. The highest BCUT2D eigenvalue weighted by atomic mass is 16.5. The van der Waals surface area contributed by atoms with Crippen LogP contribution in [-0.4, -0.2) is 22.6 Å². The summed E-state index contributed by atoms with van der Waals surface area (Å²) in [4.78, 5) is 9.26. The first-order valence-electron chi connectivity index (χ1n) is 8.80. The van der Waals surface area contributed by atoms with E-state index in [1.54, 1.807) is 0 Å². The van der Waals surface area contributed by atoms with Gasteiger partial charge in [-0.15, -0.1) is 0 Å². The molecule has 1 aromatic heterocycles. The summed E-state index contributed by atoms with van der Waals surface area (Å²) in [6.07, 6.45) is 7.37. The number of aromatic nitrogens is 2. The van der Waals surface area contributed by atoms with Gasteiger partial charge in [0.2, 0.25) is 5.88 Å². The molecule has 4 heteroatoms. The molecule has 1 aliphatic rings. The van der Waals surface area contributed by atoms with E-state index in [4.69, 9.17) is 9.72 Å². The lowest BCUT2D eigenvalue weighted by Gasteiger charge is -2.23. The molecule has 2 rings (SSSR count). The highest BCUT2D eigenvalue weighted by molar-refractivity contribution is 5.39. The molecule has 1 aliphatic carbocycles. The van der Waals surface area contributed by atoms with E-state index in [2.05, 4.69) is 38.0 Å². The number of hydrogen-bond donors (Lipinski definition) is 1. The lowest BCUT2D eigenvalue weighted by molar-refractivity contribution is 0.260. The van der Waals surface area contributed by atoms with Gasteiger partial charge in [0.15, 0.2) is 0 Å². The third kappa shape index (κ3) is 5.82. The van der Waals surface area contributed by atoms with Crippen LogP contribution in [0.25, 0.3) is 0 Å². The Morgan fingerprint density at radius 2 is 1.82 bits per heavy atom. The van der Waals surface area contributed by atoms with Gasteiger partial charge in [0.05, 0.1) is 6.61 Å². The zero-order valence-electron chi connectivity index (χ0n) is 14.6. The average Bonchev–Trinajstić information content (AvgIpc) is 2.45. The molecule has 1 fully saturated rings. The van der Waals surface area contributed by atoms with Crippen molar-refractivity contribution in [2.45, 2.75) is 72.3 Å². The van der Waals surface area contributed by atoms with Crippen LogP contribution in [0.4, 0.5) is 5.82 Å². The maximum absolute atomic E-state index is 5.83. The second-order valence-corrected chi connectivity index (χ2v) is 7.29. The largest absolute Gasteiger partial charge is 0.477 e. The van der Waals surface area contributed by atoms with Crippen molar-refractivity contribution in [1.82, 2.24) is 9.97 Å². The monoisotopic (exact) mass is 305 g/mol. The lowest BCUT2D eigenvalue weighted by Crippen LogP contribution is -2.23. The summed E-state index contributed by atoms with van der Waals surface area (Å²) in [5.74, 6) is 3.56. The molecule has 1 saturated carbocycles. The maximum atomic E-state index is 5.83. The predicted octanol–water partition coefficient (Wildman–Crippen LogP) is 4.45. The normalized spacial score (nSPS) is 16.3. The van der Waals surface area contributed by atoms with Crippen LogP contribution in [-0.2, 0) is 6.42 Å². The fraction of sp³-hybridized carbons (Fsp3) is 0.778. The molecule has 0 radical (unpaired) electrons. The zero-order chi connectivity index (χ0) is 15.9. The van der Waals surface area contributed by atoms with Crippen LogP contribution in [0.15, 0.2) is 6.07 Å². The molecule has 0 amide bonds. The van der Waals surface area contributed by atoms with Gasteiger partial charge in [-0.25, -0.2) is 4.98 Å². The van der Waals surface area contributed by atoms with Gasteiger partial charge < -0.3 is 10.1 Å². The van der Waals surface area contributed by atoms with Crippen molar-refractivity contribution in [3.63, 3.8) is 0 Å². The number of nitrogens with one attached hydrogen (secondary N) is 1. The van der Waals surface area contributed by atoms with Gasteiger partial charge in [0.1, 0.15) is 11.6 Å². The Kier molecular flexibility index (Phi) is 6.47. The van der Waals surface area contributed by atoms with Crippen molar-refractivity contribution >= 4 is 5.82 Å². The summed E-state index contributed by atoms with van der Waals surface area (Å²) in [5.41, 5.74) is 0. The second-order valence-electron chi connectivity index (χ2n) is 7.29. The van der Waals surface area contributed by atoms with E-state index in [1.807, 2.05) is 6.07 Å². The van der Waals surface area contributed by atoms with Gasteiger partial charge >= 0.3 is 0 Å². The fourth-order valence-electron chi connectivity index (χ4n) is 2.79. The van der Waals surface area contributed by atoms with E-state index >= 15 is 0 Å². The van der Waals surface area contributed by atoms with Crippen LogP contribution in [0.3, 0.4) is 0 Å². The molecule has 22 heavy (non-hydrogen) atoms. The molecule has 1 N–H and O–H groups in total. The minimum atomic E-state index is 0.498. The molecule has 0 aliphatic heterocycles. The molecule has 0 aromatic carbocycles. The van der Waals surface area contributed by atoms with Crippen LogP contribution >= 0.6 is 0 Å². The summed E-state index contributed by atoms with van der Waals surface area (Å²) in [6, 6.07) is 2.51. The summed E-state index contributed by atoms with van der Waals surface area (Å²) in [6.45, 7) is 9.38. The Bertz CT molecular complexity index is 454. The Labute approximate surface area is 135 Å². The Morgan fingerprint density at radius 1 is 1.09 bits per heavy atom. The molecule has 124 valence electrons. The van der Waals surface area contributed by atoms with Crippen molar-refractivity contribution < 1.29 is 4.74 Å². The average molecular weight is 305 g/mol. The summed E-state index contributed by atoms with van der Waals surface area (Å²) < 4.78 is 5.83. The van der Waals surface area contributed by atoms with Crippen molar-refractivity contribution in [3.05, 3.63) is 11.9 Å². The topological polar surface area (TPSA) is 47.0 Å². The molecule has 0 saturated heterocycles. The van der Waals surface area contributed by atoms with E-state index in [0.29, 0.717) is 30.4 Å². The first-order chi connectivity index (χ1) is 10.5. The SMILES string of the molecule is CC(C)COc1cc(NC2CCCCC2)nc(CC(C)C)n1. The third-order valence-electron chi connectivity index (χ3n) is 3.86. The molecular formula is C18H31N3O. The fourth-order valence-corrected chi connectivity index (χ4v) is 2.79. The van der Waals surface area contributed by atoms with Gasteiger partial charge in [-0.05, 0) is 24.7 Å². The summed E-state index contributed by atoms with van der Waals surface area (Å²) in [7, 11) is 0. The van der Waals surface area contributed by atoms with Gasteiger partial charge in [-0.2, -0.15) is 4.98 Å². The highest BCUT2D eigenvalue weighted by Crippen LogP contribution is 2.23. The highest BCUT2D eigenvalue weighted by Gasteiger charge is 2.15. The van der Waals surface area contributed by atoms with E-state index in [1.165, 1.54) is 32.1 Å². The van der Waals surface area contributed by atoms with Crippen molar-refractivity contribution in [2.75, 3.05) is 11.9 Å². The molecule has 0 bridgehead atoms. The van der Waals surface area contributed by atoms with Gasteiger partial charge in [0, 0.05) is 18.5 Å². The zero-order valence-corrected chi connectivity index (χ0v) is 14.6. The van der Waals surface area contributed by atoms with Crippen molar-refractivity contribution in [2.24, 2.45) is 11.8 Å². The predicted molar refractivity (Wildman–Crippen MR) is 91.4 cm³/mol. The molecule has 1 aromatic rings. The van der Waals surface area contributed by atoms with Gasteiger partial charge in [-0.3, -0.25) is 0 Å². The summed E-state index contributed by atoms with van der Waals surface area (Å²) in [5, 5.41) is 3.59. The molecule has 0 atom stereocenters. The Balaban J connectivity index is 2.09. The molecule has 4 nitrogen and oxygen atoms in total. The van der Waals surface area contributed by atoms with Crippen LogP contribution in [0.2, 0.25) is 0 Å². The van der Waals surface area contributed by atoms with Gasteiger partial charge in [-0.1, -0.05) is 47.0 Å². The minimum absolute atomic E-state index is 0.498. The quantitative estimate of drug-likeness (QED) is 0.808. The van der Waals surface area contributed by atoms with Crippen molar-refractivity contribution in [1.29, 1.82) is 0 Å². The third-order valence-corrected chi connectivity index (χ3v) is 3.86. The van der Waals surface area contributed by atoms with Crippen LogP contribution < -0.4 is 10.1 Å². The molecule has 0 spiro atoms. The number of hydrogen-bond acceptors (Lipinski definition) is 4. The first kappa shape index (κ1) is 17.0. The summed E-state index contributed by atoms with van der Waals surface area (Å²) >= 11 is 0. The number of rotatable bonds is 7.